The second-order valence-electron chi connectivity index (χ2n) is 6.43. The van der Waals surface area contributed by atoms with Crippen LogP contribution in [0.3, 0.4) is 0 Å². The Morgan fingerprint density at radius 3 is 2.36 bits per heavy atom. The first-order valence-electron chi connectivity index (χ1n) is 8.79. The second-order valence-corrected chi connectivity index (χ2v) is 6.43. The highest BCUT2D eigenvalue weighted by molar-refractivity contribution is 6.46. The van der Waals surface area contributed by atoms with Crippen molar-refractivity contribution in [2.24, 2.45) is 0 Å². The van der Waals surface area contributed by atoms with E-state index in [0.29, 0.717) is 5.56 Å². The van der Waals surface area contributed by atoms with Crippen molar-refractivity contribution in [3.8, 4) is 0 Å². The summed E-state index contributed by atoms with van der Waals surface area (Å²) in [6, 6.07) is 15.4. The summed E-state index contributed by atoms with van der Waals surface area (Å²) in [5.74, 6) is -1.55. The van der Waals surface area contributed by atoms with Gasteiger partial charge in [0, 0.05) is 36.9 Å². The van der Waals surface area contributed by atoms with Gasteiger partial charge in [0.15, 0.2) is 0 Å². The number of aliphatic hydroxyl groups excluding tert-OH is 1. The average Bonchev–Trinajstić information content (AvgIpc) is 3.00. The second kappa shape index (κ2) is 7.44. The molecule has 4 rings (SSSR count). The minimum Gasteiger partial charge on any atom is -0.507 e. The zero-order valence-electron chi connectivity index (χ0n) is 14.9. The molecular formula is C22H17N3O3. The van der Waals surface area contributed by atoms with Crippen LogP contribution < -0.4 is 0 Å². The summed E-state index contributed by atoms with van der Waals surface area (Å²) in [6.45, 7) is 0.213. The fourth-order valence-electron chi connectivity index (χ4n) is 3.38. The number of carbonyl (C=O) groups is 2. The van der Waals surface area contributed by atoms with Gasteiger partial charge in [0.05, 0.1) is 11.6 Å². The third-order valence-electron chi connectivity index (χ3n) is 4.68. The molecule has 0 spiro atoms. The largest absolute Gasteiger partial charge is 0.507 e. The van der Waals surface area contributed by atoms with Gasteiger partial charge in [0.25, 0.3) is 11.7 Å². The summed E-state index contributed by atoms with van der Waals surface area (Å²) in [5, 5.41) is 10.9. The predicted molar refractivity (Wildman–Crippen MR) is 103 cm³/mol. The fourth-order valence-corrected chi connectivity index (χ4v) is 3.38. The molecule has 2 aromatic heterocycles. The summed E-state index contributed by atoms with van der Waals surface area (Å²) in [5.41, 5.74) is 2.07. The molecule has 1 aromatic carbocycles. The number of carbonyl (C=O) groups excluding carboxylic acids is 2. The van der Waals surface area contributed by atoms with E-state index in [2.05, 4.69) is 9.97 Å². The number of hydrogen-bond acceptors (Lipinski definition) is 5. The van der Waals surface area contributed by atoms with Crippen LogP contribution in [0.1, 0.15) is 22.7 Å². The highest BCUT2D eigenvalue weighted by atomic mass is 16.3. The maximum atomic E-state index is 12.9. The number of aromatic nitrogens is 2. The molecule has 1 atom stereocenters. The van der Waals surface area contributed by atoms with Crippen LogP contribution in [0.15, 0.2) is 85.0 Å². The van der Waals surface area contributed by atoms with Crippen LogP contribution in [-0.4, -0.2) is 31.7 Å². The van der Waals surface area contributed by atoms with Gasteiger partial charge in [-0.2, -0.15) is 0 Å². The SMILES string of the molecule is O=C1C(=O)N(Cc2cccnc2)C(c2ccccc2)/C1=C(\O)c1ccncc1. The summed E-state index contributed by atoms with van der Waals surface area (Å²) >= 11 is 0. The average molecular weight is 371 g/mol. The van der Waals surface area contributed by atoms with Crippen molar-refractivity contribution in [3.63, 3.8) is 0 Å². The Hall–Kier alpha value is -3.80. The molecule has 1 amide bonds. The number of Topliss-reactive ketones (excluding diaryl/α,β-unsaturated/α-hetero) is 1. The first-order valence-corrected chi connectivity index (χ1v) is 8.79. The van der Waals surface area contributed by atoms with Crippen LogP contribution in [0.25, 0.3) is 5.76 Å². The molecule has 0 radical (unpaired) electrons. The number of benzene rings is 1. The van der Waals surface area contributed by atoms with Gasteiger partial charge in [-0.15, -0.1) is 0 Å². The quantitative estimate of drug-likeness (QED) is 0.433. The van der Waals surface area contributed by atoms with E-state index in [1.54, 1.807) is 30.6 Å². The molecule has 1 N–H and O–H groups in total. The Morgan fingerprint density at radius 2 is 1.68 bits per heavy atom. The molecule has 1 unspecified atom stereocenters. The molecular weight excluding hydrogens is 354 g/mol. The number of aliphatic hydroxyl groups is 1. The van der Waals surface area contributed by atoms with Crippen molar-refractivity contribution in [2.45, 2.75) is 12.6 Å². The molecule has 0 bridgehead atoms. The van der Waals surface area contributed by atoms with Crippen molar-refractivity contribution in [3.05, 3.63) is 102 Å². The predicted octanol–water partition coefficient (Wildman–Crippen LogP) is 3.10. The lowest BCUT2D eigenvalue weighted by molar-refractivity contribution is -0.140. The third kappa shape index (κ3) is 3.16. The van der Waals surface area contributed by atoms with Crippen LogP contribution >= 0.6 is 0 Å². The monoisotopic (exact) mass is 371 g/mol. The molecule has 1 saturated heterocycles. The van der Waals surface area contributed by atoms with Gasteiger partial charge in [-0.25, -0.2) is 0 Å². The fraction of sp³-hybridized carbons (Fsp3) is 0.0909. The lowest BCUT2D eigenvalue weighted by Crippen LogP contribution is -2.29. The van der Waals surface area contributed by atoms with Gasteiger partial charge in [-0.3, -0.25) is 19.6 Å². The highest BCUT2D eigenvalue weighted by Crippen LogP contribution is 2.39. The van der Waals surface area contributed by atoms with Crippen LogP contribution in [-0.2, 0) is 16.1 Å². The Kier molecular flexibility index (Phi) is 4.68. The van der Waals surface area contributed by atoms with Crippen molar-refractivity contribution in [2.75, 3.05) is 0 Å². The molecule has 138 valence electrons. The summed E-state index contributed by atoms with van der Waals surface area (Å²) in [4.78, 5) is 35.2. The Bertz CT molecular complexity index is 1030. The maximum Gasteiger partial charge on any atom is 0.295 e. The van der Waals surface area contributed by atoms with Crippen molar-refractivity contribution >= 4 is 17.4 Å². The van der Waals surface area contributed by atoms with E-state index in [0.717, 1.165) is 11.1 Å². The summed E-state index contributed by atoms with van der Waals surface area (Å²) < 4.78 is 0. The number of rotatable bonds is 4. The van der Waals surface area contributed by atoms with E-state index >= 15 is 0 Å². The van der Waals surface area contributed by atoms with Gasteiger partial charge >= 0.3 is 0 Å². The number of hydrogen-bond donors (Lipinski definition) is 1. The summed E-state index contributed by atoms with van der Waals surface area (Å²) in [6.07, 6.45) is 6.36. The first-order chi connectivity index (χ1) is 13.7. The molecule has 0 aliphatic carbocycles. The number of ketones is 1. The zero-order valence-corrected chi connectivity index (χ0v) is 14.9. The van der Waals surface area contributed by atoms with Crippen molar-refractivity contribution in [1.29, 1.82) is 0 Å². The lowest BCUT2D eigenvalue weighted by Gasteiger charge is -2.25. The van der Waals surface area contributed by atoms with Crippen LogP contribution in [0.4, 0.5) is 0 Å². The van der Waals surface area contributed by atoms with Gasteiger partial charge in [0.2, 0.25) is 0 Å². The number of nitrogens with zero attached hydrogens (tertiary/aromatic N) is 3. The lowest BCUT2D eigenvalue weighted by atomic mass is 9.95. The van der Waals surface area contributed by atoms with Gasteiger partial charge < -0.3 is 10.0 Å². The highest BCUT2D eigenvalue weighted by Gasteiger charge is 2.45. The molecule has 6 nitrogen and oxygen atoms in total. The molecule has 1 aliphatic rings. The zero-order chi connectivity index (χ0) is 19.5. The molecule has 1 fully saturated rings. The van der Waals surface area contributed by atoms with Crippen molar-refractivity contribution < 1.29 is 14.7 Å². The molecule has 1 aliphatic heterocycles. The third-order valence-corrected chi connectivity index (χ3v) is 4.68. The molecule has 3 aromatic rings. The van der Waals surface area contributed by atoms with E-state index in [9.17, 15) is 14.7 Å². The molecule has 28 heavy (non-hydrogen) atoms. The van der Waals surface area contributed by atoms with Gasteiger partial charge in [-0.05, 0) is 29.3 Å². The van der Waals surface area contributed by atoms with Crippen LogP contribution in [0, 0.1) is 0 Å². The van der Waals surface area contributed by atoms with E-state index < -0.39 is 17.7 Å². The first kappa shape index (κ1) is 17.6. The minimum atomic E-state index is -0.702. The Balaban J connectivity index is 1.85. The van der Waals surface area contributed by atoms with Gasteiger partial charge in [0.1, 0.15) is 5.76 Å². The van der Waals surface area contributed by atoms with Crippen molar-refractivity contribution in [1.82, 2.24) is 14.9 Å². The van der Waals surface area contributed by atoms with Gasteiger partial charge in [-0.1, -0.05) is 36.4 Å². The van der Waals surface area contributed by atoms with E-state index in [-0.39, 0.29) is 17.9 Å². The normalized spacial score (nSPS) is 18.4. The van der Waals surface area contributed by atoms with Crippen LogP contribution in [0.2, 0.25) is 0 Å². The molecule has 3 heterocycles. The van der Waals surface area contributed by atoms with Crippen LogP contribution in [0.5, 0.6) is 0 Å². The number of pyridine rings is 2. The number of amides is 1. The Morgan fingerprint density at radius 1 is 0.929 bits per heavy atom. The van der Waals surface area contributed by atoms with E-state index in [4.69, 9.17) is 0 Å². The topological polar surface area (TPSA) is 83.4 Å². The smallest absolute Gasteiger partial charge is 0.295 e. The van der Waals surface area contributed by atoms with E-state index in [1.807, 2.05) is 36.4 Å². The standard InChI is InChI=1S/C22H17N3O3/c26-20(17-8-11-23-12-9-17)18-19(16-6-2-1-3-7-16)25(22(28)21(18)27)14-15-5-4-10-24-13-15/h1-13,19,26H,14H2/b20-18+. The minimum absolute atomic E-state index is 0.0753. The summed E-state index contributed by atoms with van der Waals surface area (Å²) in [7, 11) is 0. The number of likely N-dealkylation sites (tertiary alicyclic amines) is 1. The maximum absolute atomic E-state index is 12.9. The van der Waals surface area contributed by atoms with E-state index in [1.165, 1.54) is 17.3 Å². The Labute approximate surface area is 161 Å². The molecule has 0 saturated carbocycles. The molecule has 6 heteroatoms.